The zero-order chi connectivity index (χ0) is 15.9. The fraction of sp³-hybridized carbons (Fsp3) is 0.211. The standard InChI is InChI=1S/C19H21NO2/c1-14(2)13-22-18-10-8-17(9-11-18)19(21)20-12-16-6-4-15(3)5-7-16/h4-11H,1,12-13H2,2-3H3,(H,20,21). The van der Waals surface area contributed by atoms with E-state index in [2.05, 4.69) is 11.9 Å². The van der Waals surface area contributed by atoms with Crippen LogP contribution in [0, 0.1) is 6.92 Å². The van der Waals surface area contributed by atoms with Crippen LogP contribution in [0.3, 0.4) is 0 Å². The molecule has 0 aliphatic heterocycles. The van der Waals surface area contributed by atoms with Gasteiger partial charge in [0.2, 0.25) is 0 Å². The molecule has 2 rings (SSSR count). The largest absolute Gasteiger partial charge is 0.489 e. The second kappa shape index (κ2) is 7.46. The molecule has 0 heterocycles. The summed E-state index contributed by atoms with van der Waals surface area (Å²) in [4.78, 5) is 12.1. The molecule has 0 aromatic heterocycles. The second-order valence-corrected chi connectivity index (χ2v) is 5.44. The Labute approximate surface area is 131 Å². The van der Waals surface area contributed by atoms with E-state index in [0.29, 0.717) is 18.7 Å². The number of hydrogen-bond donors (Lipinski definition) is 1. The van der Waals surface area contributed by atoms with Crippen LogP contribution in [0.1, 0.15) is 28.4 Å². The second-order valence-electron chi connectivity index (χ2n) is 5.44. The van der Waals surface area contributed by atoms with Crippen molar-refractivity contribution in [3.63, 3.8) is 0 Å². The molecule has 1 amide bonds. The lowest BCUT2D eigenvalue weighted by Crippen LogP contribution is -2.22. The Morgan fingerprint density at radius 2 is 1.73 bits per heavy atom. The molecule has 114 valence electrons. The van der Waals surface area contributed by atoms with Crippen LogP contribution in [0.4, 0.5) is 0 Å². The third-order valence-electron chi connectivity index (χ3n) is 3.18. The number of carbonyl (C=O) groups excluding carboxylic acids is 1. The molecule has 0 unspecified atom stereocenters. The summed E-state index contributed by atoms with van der Waals surface area (Å²) >= 11 is 0. The monoisotopic (exact) mass is 295 g/mol. The molecule has 0 saturated heterocycles. The van der Waals surface area contributed by atoms with E-state index in [1.807, 2.05) is 38.1 Å². The van der Waals surface area contributed by atoms with Crippen molar-refractivity contribution in [3.05, 3.63) is 77.4 Å². The van der Waals surface area contributed by atoms with Crippen molar-refractivity contribution in [3.8, 4) is 5.75 Å². The molecular formula is C19H21NO2. The van der Waals surface area contributed by atoms with Gasteiger partial charge in [-0.05, 0) is 49.2 Å². The minimum Gasteiger partial charge on any atom is -0.489 e. The van der Waals surface area contributed by atoms with Crippen LogP contribution in [-0.2, 0) is 6.54 Å². The molecule has 0 saturated carbocycles. The van der Waals surface area contributed by atoms with Crippen LogP contribution in [-0.4, -0.2) is 12.5 Å². The van der Waals surface area contributed by atoms with E-state index in [1.54, 1.807) is 24.3 Å². The van der Waals surface area contributed by atoms with E-state index in [9.17, 15) is 4.79 Å². The molecule has 0 fully saturated rings. The number of benzene rings is 2. The van der Waals surface area contributed by atoms with Gasteiger partial charge in [0.15, 0.2) is 0 Å². The zero-order valence-electron chi connectivity index (χ0n) is 13.1. The Hall–Kier alpha value is -2.55. The average molecular weight is 295 g/mol. The number of nitrogens with one attached hydrogen (secondary N) is 1. The minimum atomic E-state index is -0.0907. The first-order chi connectivity index (χ1) is 10.5. The molecule has 0 spiro atoms. The van der Waals surface area contributed by atoms with E-state index < -0.39 is 0 Å². The highest BCUT2D eigenvalue weighted by Crippen LogP contribution is 2.13. The van der Waals surface area contributed by atoms with Gasteiger partial charge in [-0.2, -0.15) is 0 Å². The van der Waals surface area contributed by atoms with Crippen LogP contribution in [0.2, 0.25) is 0 Å². The number of amides is 1. The van der Waals surface area contributed by atoms with Gasteiger partial charge in [0.25, 0.3) is 5.91 Å². The quantitative estimate of drug-likeness (QED) is 0.821. The number of ether oxygens (including phenoxy) is 1. The molecule has 0 bridgehead atoms. The average Bonchev–Trinajstić information content (AvgIpc) is 2.52. The van der Waals surface area contributed by atoms with Gasteiger partial charge < -0.3 is 10.1 Å². The Morgan fingerprint density at radius 1 is 1.09 bits per heavy atom. The van der Waals surface area contributed by atoms with Gasteiger partial charge in [0, 0.05) is 12.1 Å². The van der Waals surface area contributed by atoms with Crippen molar-refractivity contribution < 1.29 is 9.53 Å². The van der Waals surface area contributed by atoms with E-state index in [-0.39, 0.29) is 5.91 Å². The van der Waals surface area contributed by atoms with Crippen molar-refractivity contribution in [1.82, 2.24) is 5.32 Å². The van der Waals surface area contributed by atoms with E-state index in [0.717, 1.165) is 16.9 Å². The SMILES string of the molecule is C=C(C)COc1ccc(C(=O)NCc2ccc(C)cc2)cc1. The Morgan fingerprint density at radius 3 is 2.32 bits per heavy atom. The molecule has 0 aliphatic carbocycles. The summed E-state index contributed by atoms with van der Waals surface area (Å²) in [6, 6.07) is 15.2. The molecule has 1 N–H and O–H groups in total. The molecule has 2 aromatic rings. The first-order valence-electron chi connectivity index (χ1n) is 7.25. The molecule has 3 heteroatoms. The number of carbonyl (C=O) groups is 1. The van der Waals surface area contributed by atoms with Gasteiger partial charge in [-0.1, -0.05) is 36.4 Å². The number of hydrogen-bond acceptors (Lipinski definition) is 2. The van der Waals surface area contributed by atoms with Crippen LogP contribution in [0.25, 0.3) is 0 Å². The summed E-state index contributed by atoms with van der Waals surface area (Å²) in [5, 5.41) is 2.91. The summed E-state index contributed by atoms with van der Waals surface area (Å²) in [7, 11) is 0. The molecule has 2 aromatic carbocycles. The maximum absolute atomic E-state index is 12.1. The van der Waals surface area contributed by atoms with Crippen molar-refractivity contribution in [1.29, 1.82) is 0 Å². The Balaban J connectivity index is 1.89. The first kappa shape index (κ1) is 15.8. The van der Waals surface area contributed by atoms with E-state index in [1.165, 1.54) is 5.56 Å². The van der Waals surface area contributed by atoms with E-state index in [4.69, 9.17) is 4.74 Å². The van der Waals surface area contributed by atoms with Crippen molar-refractivity contribution in [2.45, 2.75) is 20.4 Å². The highest BCUT2D eigenvalue weighted by Gasteiger charge is 2.05. The summed E-state index contributed by atoms with van der Waals surface area (Å²) in [5.41, 5.74) is 3.87. The topological polar surface area (TPSA) is 38.3 Å². The van der Waals surface area contributed by atoms with Crippen molar-refractivity contribution in [2.24, 2.45) is 0 Å². The smallest absolute Gasteiger partial charge is 0.251 e. The van der Waals surface area contributed by atoms with Crippen LogP contribution in [0.15, 0.2) is 60.7 Å². The third-order valence-corrected chi connectivity index (χ3v) is 3.18. The highest BCUT2D eigenvalue weighted by molar-refractivity contribution is 5.94. The zero-order valence-corrected chi connectivity index (χ0v) is 13.1. The van der Waals surface area contributed by atoms with Crippen LogP contribution in [0.5, 0.6) is 5.75 Å². The summed E-state index contributed by atoms with van der Waals surface area (Å²) < 4.78 is 5.51. The summed E-state index contributed by atoms with van der Waals surface area (Å²) in [5.74, 6) is 0.644. The normalized spacial score (nSPS) is 10.1. The number of rotatable bonds is 6. The highest BCUT2D eigenvalue weighted by atomic mass is 16.5. The van der Waals surface area contributed by atoms with Crippen molar-refractivity contribution >= 4 is 5.91 Å². The molecule has 0 radical (unpaired) electrons. The lowest BCUT2D eigenvalue weighted by molar-refractivity contribution is 0.0951. The maximum atomic E-state index is 12.1. The van der Waals surface area contributed by atoms with Crippen molar-refractivity contribution in [2.75, 3.05) is 6.61 Å². The molecule has 3 nitrogen and oxygen atoms in total. The van der Waals surface area contributed by atoms with Crippen LogP contribution >= 0.6 is 0 Å². The Bertz CT molecular complexity index is 642. The maximum Gasteiger partial charge on any atom is 0.251 e. The fourth-order valence-electron chi connectivity index (χ4n) is 1.90. The molecule has 0 aliphatic rings. The number of aryl methyl sites for hydroxylation is 1. The Kier molecular flexibility index (Phi) is 5.37. The third kappa shape index (κ3) is 4.77. The minimum absolute atomic E-state index is 0.0907. The molecule has 22 heavy (non-hydrogen) atoms. The lowest BCUT2D eigenvalue weighted by Gasteiger charge is -2.08. The predicted molar refractivity (Wildman–Crippen MR) is 89.1 cm³/mol. The predicted octanol–water partition coefficient (Wildman–Crippen LogP) is 3.88. The molecular weight excluding hydrogens is 274 g/mol. The summed E-state index contributed by atoms with van der Waals surface area (Å²) in [6.07, 6.45) is 0. The first-order valence-corrected chi connectivity index (χ1v) is 7.25. The van der Waals surface area contributed by atoms with Gasteiger partial charge >= 0.3 is 0 Å². The van der Waals surface area contributed by atoms with Crippen LogP contribution < -0.4 is 10.1 Å². The fourth-order valence-corrected chi connectivity index (χ4v) is 1.90. The van der Waals surface area contributed by atoms with Gasteiger partial charge in [-0.25, -0.2) is 0 Å². The van der Waals surface area contributed by atoms with Gasteiger partial charge in [-0.15, -0.1) is 0 Å². The summed E-state index contributed by atoms with van der Waals surface area (Å²) in [6.45, 7) is 8.74. The van der Waals surface area contributed by atoms with E-state index >= 15 is 0 Å². The lowest BCUT2D eigenvalue weighted by atomic mass is 10.1. The van der Waals surface area contributed by atoms with Gasteiger partial charge in [0.05, 0.1) is 0 Å². The molecule has 0 atom stereocenters. The van der Waals surface area contributed by atoms with Gasteiger partial charge in [0.1, 0.15) is 12.4 Å². The van der Waals surface area contributed by atoms with Gasteiger partial charge in [-0.3, -0.25) is 4.79 Å².